The summed E-state index contributed by atoms with van der Waals surface area (Å²) in [7, 11) is 1.59. The van der Waals surface area contributed by atoms with Crippen LogP contribution in [0.1, 0.15) is 15.9 Å². The maximum absolute atomic E-state index is 11.2. The number of rotatable bonds is 4. The fourth-order valence-corrected chi connectivity index (χ4v) is 1.77. The Morgan fingerprint density at radius 1 is 1.40 bits per heavy atom. The van der Waals surface area contributed by atoms with Gasteiger partial charge in [0.1, 0.15) is 17.1 Å². The van der Waals surface area contributed by atoms with Crippen molar-refractivity contribution in [1.82, 2.24) is 4.98 Å². The highest BCUT2D eigenvalue weighted by Gasteiger charge is 2.13. The number of carboxylic acid groups (broad SMARTS) is 1. The van der Waals surface area contributed by atoms with Crippen molar-refractivity contribution in [2.24, 2.45) is 0 Å². The Labute approximate surface area is 116 Å². The molecular weight excluding hydrogens is 258 g/mol. The van der Waals surface area contributed by atoms with E-state index in [1.807, 2.05) is 13.0 Å². The van der Waals surface area contributed by atoms with Gasteiger partial charge in [-0.05, 0) is 36.8 Å². The third-order valence-corrected chi connectivity index (χ3v) is 2.83. The predicted molar refractivity (Wildman–Crippen MR) is 76.6 cm³/mol. The molecule has 0 saturated heterocycles. The predicted octanol–water partition coefficient (Wildman–Crippen LogP) is 2.42. The molecule has 0 radical (unpaired) electrons. The van der Waals surface area contributed by atoms with E-state index in [2.05, 4.69) is 10.3 Å². The Morgan fingerprint density at radius 3 is 2.75 bits per heavy atom. The lowest BCUT2D eigenvalue weighted by molar-refractivity contribution is 0.0697. The number of ether oxygens (including phenoxy) is 1. The van der Waals surface area contributed by atoms with Crippen molar-refractivity contribution in [1.29, 1.82) is 0 Å². The standard InChI is InChI=1S/C14H15N3O3/c1-8-5-10(20-2)3-4-12(8)17-13-11(14(18)19)6-9(15)7-16-13/h3-7H,15H2,1-2H3,(H,16,17)(H,18,19). The number of hydrogen-bond donors (Lipinski definition) is 3. The summed E-state index contributed by atoms with van der Waals surface area (Å²) in [5.74, 6) is -0.102. The molecule has 1 heterocycles. The van der Waals surface area contributed by atoms with Crippen LogP contribution in [0.5, 0.6) is 5.75 Å². The summed E-state index contributed by atoms with van der Waals surface area (Å²) < 4.78 is 5.12. The summed E-state index contributed by atoms with van der Waals surface area (Å²) in [6.45, 7) is 1.89. The summed E-state index contributed by atoms with van der Waals surface area (Å²) in [5, 5.41) is 12.2. The highest BCUT2D eigenvalue weighted by Crippen LogP contribution is 2.26. The van der Waals surface area contributed by atoms with E-state index >= 15 is 0 Å². The quantitative estimate of drug-likeness (QED) is 0.791. The summed E-state index contributed by atoms with van der Waals surface area (Å²) in [4.78, 5) is 15.2. The number of aryl methyl sites for hydroxylation is 1. The minimum Gasteiger partial charge on any atom is -0.497 e. The number of nitrogens with one attached hydrogen (secondary N) is 1. The molecule has 0 aliphatic rings. The average Bonchev–Trinajstić information content (AvgIpc) is 2.42. The van der Waals surface area contributed by atoms with Gasteiger partial charge >= 0.3 is 5.97 Å². The number of methoxy groups -OCH3 is 1. The van der Waals surface area contributed by atoms with Crippen molar-refractivity contribution < 1.29 is 14.6 Å². The molecule has 104 valence electrons. The van der Waals surface area contributed by atoms with E-state index in [-0.39, 0.29) is 11.4 Å². The zero-order valence-corrected chi connectivity index (χ0v) is 11.2. The van der Waals surface area contributed by atoms with Crippen LogP contribution >= 0.6 is 0 Å². The average molecular weight is 273 g/mol. The molecular formula is C14H15N3O3. The van der Waals surface area contributed by atoms with E-state index < -0.39 is 5.97 Å². The second-order valence-corrected chi connectivity index (χ2v) is 4.28. The van der Waals surface area contributed by atoms with Crippen LogP contribution in [0.2, 0.25) is 0 Å². The van der Waals surface area contributed by atoms with Gasteiger partial charge < -0.3 is 20.9 Å². The first-order chi connectivity index (χ1) is 9.51. The number of hydrogen-bond acceptors (Lipinski definition) is 5. The normalized spacial score (nSPS) is 10.1. The van der Waals surface area contributed by atoms with Crippen molar-refractivity contribution >= 4 is 23.2 Å². The largest absolute Gasteiger partial charge is 0.497 e. The van der Waals surface area contributed by atoms with E-state index in [0.717, 1.165) is 17.0 Å². The number of carboxylic acids is 1. The minimum atomic E-state index is -1.08. The van der Waals surface area contributed by atoms with E-state index in [0.29, 0.717) is 5.69 Å². The summed E-state index contributed by atoms with van der Waals surface area (Å²) in [6.07, 6.45) is 1.41. The number of aromatic carboxylic acids is 1. The highest BCUT2D eigenvalue weighted by atomic mass is 16.5. The van der Waals surface area contributed by atoms with Crippen LogP contribution in [0.25, 0.3) is 0 Å². The van der Waals surface area contributed by atoms with Crippen LogP contribution in [-0.4, -0.2) is 23.2 Å². The van der Waals surface area contributed by atoms with Gasteiger partial charge in [0.05, 0.1) is 19.0 Å². The van der Waals surface area contributed by atoms with Crippen LogP contribution in [0, 0.1) is 6.92 Å². The van der Waals surface area contributed by atoms with Crippen molar-refractivity contribution in [3.05, 3.63) is 41.6 Å². The van der Waals surface area contributed by atoms with Gasteiger partial charge in [-0.25, -0.2) is 9.78 Å². The molecule has 0 saturated carbocycles. The second kappa shape index (κ2) is 5.48. The lowest BCUT2D eigenvalue weighted by Crippen LogP contribution is -2.06. The maximum atomic E-state index is 11.2. The number of benzene rings is 1. The molecule has 6 nitrogen and oxygen atoms in total. The van der Waals surface area contributed by atoms with E-state index in [9.17, 15) is 4.79 Å². The fourth-order valence-electron chi connectivity index (χ4n) is 1.77. The molecule has 0 fully saturated rings. The maximum Gasteiger partial charge on any atom is 0.339 e. The summed E-state index contributed by atoms with van der Waals surface area (Å²) in [6, 6.07) is 6.81. The van der Waals surface area contributed by atoms with Crippen LogP contribution in [0.3, 0.4) is 0 Å². The number of carbonyl (C=O) groups is 1. The van der Waals surface area contributed by atoms with E-state index in [4.69, 9.17) is 15.6 Å². The third kappa shape index (κ3) is 2.80. The minimum absolute atomic E-state index is 0.0280. The lowest BCUT2D eigenvalue weighted by atomic mass is 10.1. The van der Waals surface area contributed by atoms with E-state index in [1.54, 1.807) is 19.2 Å². The molecule has 0 aliphatic carbocycles. The molecule has 0 bridgehead atoms. The van der Waals surface area contributed by atoms with Gasteiger partial charge in [0.2, 0.25) is 0 Å². The van der Waals surface area contributed by atoms with Gasteiger partial charge in [-0.3, -0.25) is 0 Å². The molecule has 6 heteroatoms. The summed E-state index contributed by atoms with van der Waals surface area (Å²) in [5.41, 5.74) is 7.56. The molecule has 2 aromatic rings. The number of pyridine rings is 1. The number of anilines is 3. The van der Waals surface area contributed by atoms with Gasteiger partial charge in [-0.2, -0.15) is 0 Å². The molecule has 4 N–H and O–H groups in total. The van der Waals surface area contributed by atoms with Crippen LogP contribution in [-0.2, 0) is 0 Å². The smallest absolute Gasteiger partial charge is 0.339 e. The second-order valence-electron chi connectivity index (χ2n) is 4.28. The number of nitrogens with two attached hydrogens (primary N) is 1. The Kier molecular flexibility index (Phi) is 3.74. The first-order valence-electron chi connectivity index (χ1n) is 5.91. The Balaban J connectivity index is 2.37. The van der Waals surface area contributed by atoms with Gasteiger partial charge in [-0.15, -0.1) is 0 Å². The number of nitrogens with zero attached hydrogens (tertiary/aromatic N) is 1. The molecule has 1 aromatic carbocycles. The molecule has 0 spiro atoms. The van der Waals surface area contributed by atoms with Crippen LogP contribution in [0.15, 0.2) is 30.5 Å². The van der Waals surface area contributed by atoms with Gasteiger partial charge in [0.15, 0.2) is 0 Å². The van der Waals surface area contributed by atoms with Crippen molar-refractivity contribution in [2.45, 2.75) is 6.92 Å². The van der Waals surface area contributed by atoms with Crippen molar-refractivity contribution in [3.63, 3.8) is 0 Å². The third-order valence-electron chi connectivity index (χ3n) is 2.83. The molecule has 0 aliphatic heterocycles. The molecule has 0 unspecified atom stereocenters. The topological polar surface area (TPSA) is 97.5 Å². The van der Waals surface area contributed by atoms with Crippen LogP contribution in [0.4, 0.5) is 17.2 Å². The molecule has 0 atom stereocenters. The monoisotopic (exact) mass is 273 g/mol. The van der Waals surface area contributed by atoms with Gasteiger partial charge in [-0.1, -0.05) is 0 Å². The molecule has 20 heavy (non-hydrogen) atoms. The first-order valence-corrected chi connectivity index (χ1v) is 5.91. The lowest BCUT2D eigenvalue weighted by Gasteiger charge is -2.12. The molecule has 2 rings (SSSR count). The fraction of sp³-hybridized carbons (Fsp3) is 0.143. The van der Waals surface area contributed by atoms with E-state index in [1.165, 1.54) is 12.3 Å². The number of aromatic nitrogens is 1. The van der Waals surface area contributed by atoms with Crippen molar-refractivity contribution in [3.8, 4) is 5.75 Å². The first kappa shape index (κ1) is 13.7. The Morgan fingerprint density at radius 2 is 2.15 bits per heavy atom. The molecule has 0 amide bonds. The van der Waals surface area contributed by atoms with Crippen LogP contribution < -0.4 is 15.8 Å². The van der Waals surface area contributed by atoms with Crippen molar-refractivity contribution in [2.75, 3.05) is 18.2 Å². The zero-order valence-electron chi connectivity index (χ0n) is 11.2. The Bertz CT molecular complexity index is 656. The molecule has 1 aromatic heterocycles. The highest BCUT2D eigenvalue weighted by molar-refractivity contribution is 5.95. The zero-order chi connectivity index (χ0) is 14.7. The SMILES string of the molecule is COc1ccc(Nc2ncc(N)cc2C(=O)O)c(C)c1. The Hall–Kier alpha value is -2.76. The summed E-state index contributed by atoms with van der Waals surface area (Å²) >= 11 is 0. The van der Waals surface area contributed by atoms with Gasteiger partial charge in [0, 0.05) is 5.69 Å². The number of nitrogen functional groups attached to an aromatic ring is 1. The van der Waals surface area contributed by atoms with Gasteiger partial charge in [0.25, 0.3) is 0 Å².